The van der Waals surface area contributed by atoms with Crippen molar-refractivity contribution >= 4 is 6.03 Å². The first kappa shape index (κ1) is 15.1. The van der Waals surface area contributed by atoms with Crippen LogP contribution >= 0.6 is 0 Å². The summed E-state index contributed by atoms with van der Waals surface area (Å²) < 4.78 is 10.3. The monoisotopic (exact) mass is 235 g/mol. The SMILES string of the molecule is CN(N)C(=O)N(N)CCOCCOCCN. The van der Waals surface area contributed by atoms with Gasteiger partial charge in [-0.15, -0.1) is 0 Å². The summed E-state index contributed by atoms with van der Waals surface area (Å²) >= 11 is 0. The van der Waals surface area contributed by atoms with Crippen molar-refractivity contribution in [3.63, 3.8) is 0 Å². The van der Waals surface area contributed by atoms with E-state index < -0.39 is 6.03 Å². The highest BCUT2D eigenvalue weighted by atomic mass is 16.5. The summed E-state index contributed by atoms with van der Waals surface area (Å²) in [6.45, 7) is 2.54. The lowest BCUT2D eigenvalue weighted by atomic mass is 10.6. The number of carbonyl (C=O) groups is 1. The number of hydrogen-bond donors (Lipinski definition) is 3. The van der Waals surface area contributed by atoms with Gasteiger partial charge in [0.25, 0.3) is 0 Å². The highest BCUT2D eigenvalue weighted by Gasteiger charge is 2.10. The molecule has 0 aromatic heterocycles. The van der Waals surface area contributed by atoms with Crippen molar-refractivity contribution < 1.29 is 14.3 Å². The van der Waals surface area contributed by atoms with E-state index in [1.807, 2.05) is 0 Å². The zero-order chi connectivity index (χ0) is 12.4. The van der Waals surface area contributed by atoms with E-state index in [1.165, 1.54) is 7.05 Å². The molecule has 96 valence electrons. The molecule has 0 saturated carbocycles. The summed E-state index contributed by atoms with van der Waals surface area (Å²) in [4.78, 5) is 11.2. The summed E-state index contributed by atoms with van der Waals surface area (Å²) in [6, 6.07) is -0.469. The lowest BCUT2D eigenvalue weighted by Gasteiger charge is -2.20. The quantitative estimate of drug-likeness (QED) is 0.195. The number of nitrogens with two attached hydrogens (primary N) is 3. The van der Waals surface area contributed by atoms with Crippen molar-refractivity contribution in [1.29, 1.82) is 0 Å². The van der Waals surface area contributed by atoms with Gasteiger partial charge < -0.3 is 15.2 Å². The van der Waals surface area contributed by atoms with Crippen LogP contribution in [0.5, 0.6) is 0 Å². The van der Waals surface area contributed by atoms with Crippen LogP contribution < -0.4 is 17.4 Å². The fourth-order valence-corrected chi connectivity index (χ4v) is 0.866. The molecule has 0 fully saturated rings. The second-order valence-corrected chi connectivity index (χ2v) is 3.10. The highest BCUT2D eigenvalue weighted by Crippen LogP contribution is 1.86. The minimum Gasteiger partial charge on any atom is -0.378 e. The average Bonchev–Trinajstić information content (AvgIpc) is 2.26. The maximum atomic E-state index is 11.2. The van der Waals surface area contributed by atoms with Gasteiger partial charge in [0.2, 0.25) is 0 Å². The number of nitrogens with zero attached hydrogens (tertiary/aromatic N) is 2. The van der Waals surface area contributed by atoms with Gasteiger partial charge >= 0.3 is 6.03 Å². The Morgan fingerprint density at radius 2 is 1.69 bits per heavy atom. The van der Waals surface area contributed by atoms with Gasteiger partial charge in [0.15, 0.2) is 0 Å². The van der Waals surface area contributed by atoms with Gasteiger partial charge in [0, 0.05) is 13.6 Å². The predicted molar refractivity (Wildman–Crippen MR) is 58.9 cm³/mol. The van der Waals surface area contributed by atoms with Crippen LogP contribution in [-0.2, 0) is 9.47 Å². The minimum absolute atomic E-state index is 0.275. The molecule has 0 aromatic carbocycles. The molecule has 0 unspecified atom stereocenters. The lowest BCUT2D eigenvalue weighted by Crippen LogP contribution is -2.49. The molecule has 0 bridgehead atoms. The van der Waals surface area contributed by atoms with Crippen LogP contribution in [0.2, 0.25) is 0 Å². The summed E-state index contributed by atoms with van der Waals surface area (Å²) in [5.74, 6) is 10.6. The van der Waals surface area contributed by atoms with Crippen LogP contribution in [0.25, 0.3) is 0 Å². The smallest absolute Gasteiger partial charge is 0.348 e. The topological polar surface area (TPSA) is 120 Å². The molecule has 0 saturated heterocycles. The molecule has 8 nitrogen and oxygen atoms in total. The number of hydrazine groups is 2. The van der Waals surface area contributed by atoms with Crippen LogP contribution in [-0.4, -0.2) is 62.6 Å². The third-order valence-corrected chi connectivity index (χ3v) is 1.66. The highest BCUT2D eigenvalue weighted by molar-refractivity contribution is 5.72. The predicted octanol–water partition coefficient (Wildman–Crippen LogP) is -1.92. The van der Waals surface area contributed by atoms with Gasteiger partial charge in [-0.3, -0.25) is 10.0 Å². The molecule has 8 heteroatoms. The van der Waals surface area contributed by atoms with Gasteiger partial charge in [-0.25, -0.2) is 16.5 Å². The fraction of sp³-hybridized carbons (Fsp3) is 0.875. The van der Waals surface area contributed by atoms with Gasteiger partial charge in [-0.1, -0.05) is 0 Å². The number of ether oxygens (including phenoxy) is 2. The largest absolute Gasteiger partial charge is 0.378 e. The first-order valence-electron chi connectivity index (χ1n) is 4.99. The first-order chi connectivity index (χ1) is 7.59. The molecule has 0 radical (unpaired) electrons. The summed E-state index contributed by atoms with van der Waals surface area (Å²) in [5, 5.41) is 1.89. The number of carbonyl (C=O) groups excluding carboxylic acids is 1. The Balaban J connectivity index is 3.34. The van der Waals surface area contributed by atoms with E-state index >= 15 is 0 Å². The molecule has 0 aliphatic carbocycles. The van der Waals surface area contributed by atoms with E-state index in [-0.39, 0.29) is 6.54 Å². The van der Waals surface area contributed by atoms with E-state index in [2.05, 4.69) is 0 Å². The summed E-state index contributed by atoms with van der Waals surface area (Å²) in [6.07, 6.45) is 0. The molecule has 6 N–H and O–H groups in total. The standard InChI is InChI=1S/C8H21N5O3/c1-12(10)8(14)13(11)3-5-16-7-6-15-4-2-9/h2-7,9-11H2,1H3. The zero-order valence-corrected chi connectivity index (χ0v) is 9.59. The van der Waals surface area contributed by atoms with E-state index in [9.17, 15) is 4.79 Å². The molecular formula is C8H21N5O3. The second kappa shape index (κ2) is 9.31. The van der Waals surface area contributed by atoms with Crippen molar-refractivity contribution in [2.75, 3.05) is 46.6 Å². The van der Waals surface area contributed by atoms with Crippen molar-refractivity contribution in [1.82, 2.24) is 10.0 Å². The molecule has 0 spiro atoms. The maximum Gasteiger partial charge on any atom is 0.348 e. The van der Waals surface area contributed by atoms with Gasteiger partial charge in [-0.05, 0) is 0 Å². The third-order valence-electron chi connectivity index (χ3n) is 1.66. The Morgan fingerprint density at radius 1 is 1.12 bits per heavy atom. The van der Waals surface area contributed by atoms with Crippen molar-refractivity contribution in [2.45, 2.75) is 0 Å². The second-order valence-electron chi connectivity index (χ2n) is 3.10. The first-order valence-corrected chi connectivity index (χ1v) is 4.99. The molecular weight excluding hydrogens is 214 g/mol. The Morgan fingerprint density at radius 3 is 2.19 bits per heavy atom. The maximum absolute atomic E-state index is 11.2. The molecule has 0 heterocycles. The molecule has 2 amide bonds. The van der Waals surface area contributed by atoms with Gasteiger partial charge in [0.1, 0.15) is 0 Å². The van der Waals surface area contributed by atoms with Gasteiger partial charge in [0.05, 0.1) is 33.0 Å². The zero-order valence-electron chi connectivity index (χ0n) is 9.59. The summed E-state index contributed by atoms with van der Waals surface area (Å²) in [7, 11) is 1.42. The van der Waals surface area contributed by atoms with Crippen molar-refractivity contribution in [2.24, 2.45) is 17.4 Å². The average molecular weight is 235 g/mol. The summed E-state index contributed by atoms with van der Waals surface area (Å²) in [5.41, 5.74) is 5.23. The third kappa shape index (κ3) is 7.37. The Bertz CT molecular complexity index is 191. The number of hydrogen-bond acceptors (Lipinski definition) is 6. The van der Waals surface area contributed by atoms with Crippen LogP contribution in [0.15, 0.2) is 0 Å². The van der Waals surface area contributed by atoms with E-state index in [0.29, 0.717) is 33.0 Å². The number of urea groups is 1. The normalized spacial score (nSPS) is 10.2. The van der Waals surface area contributed by atoms with Crippen LogP contribution in [0, 0.1) is 0 Å². The van der Waals surface area contributed by atoms with E-state index in [4.69, 9.17) is 26.9 Å². The Kier molecular flexibility index (Phi) is 8.77. The Hall–Kier alpha value is -0.930. The lowest BCUT2D eigenvalue weighted by molar-refractivity contribution is 0.0426. The fourth-order valence-electron chi connectivity index (χ4n) is 0.866. The number of amides is 2. The van der Waals surface area contributed by atoms with Gasteiger partial charge in [-0.2, -0.15) is 0 Å². The molecule has 0 aromatic rings. The molecule has 0 atom stereocenters. The molecule has 0 aliphatic heterocycles. The molecule has 0 aliphatic rings. The Labute approximate surface area is 95.2 Å². The minimum atomic E-state index is -0.469. The van der Waals surface area contributed by atoms with Crippen LogP contribution in [0.4, 0.5) is 4.79 Å². The van der Waals surface area contributed by atoms with Crippen LogP contribution in [0.3, 0.4) is 0 Å². The van der Waals surface area contributed by atoms with Crippen molar-refractivity contribution in [3.05, 3.63) is 0 Å². The molecule has 16 heavy (non-hydrogen) atoms. The number of rotatable bonds is 8. The van der Waals surface area contributed by atoms with Crippen molar-refractivity contribution in [3.8, 4) is 0 Å². The van der Waals surface area contributed by atoms with E-state index in [1.54, 1.807) is 0 Å². The van der Waals surface area contributed by atoms with E-state index in [0.717, 1.165) is 10.0 Å². The molecule has 0 rings (SSSR count). The van der Waals surface area contributed by atoms with Crippen LogP contribution in [0.1, 0.15) is 0 Å².